The molecule has 1 N–H and O–H groups in total. The summed E-state index contributed by atoms with van der Waals surface area (Å²) < 4.78 is 0. The Bertz CT molecular complexity index is 565. The van der Waals surface area contributed by atoms with Gasteiger partial charge in [0, 0.05) is 25.2 Å². The maximum Gasteiger partial charge on any atom is 0.308 e. The number of hydrogen-bond donors (Lipinski definition) is 1. The van der Waals surface area contributed by atoms with E-state index in [4.69, 9.17) is 0 Å². The normalized spacial score (nSPS) is 17.7. The molecule has 1 heterocycles. The van der Waals surface area contributed by atoms with Gasteiger partial charge < -0.3 is 10.0 Å². The molecule has 1 aromatic carbocycles. The monoisotopic (exact) mass is 346 g/mol. The van der Waals surface area contributed by atoms with E-state index in [0.29, 0.717) is 25.1 Å². The van der Waals surface area contributed by atoms with Crippen LogP contribution in [0.4, 0.5) is 0 Å². The molecule has 1 atom stereocenters. The van der Waals surface area contributed by atoms with Crippen LogP contribution in [0.3, 0.4) is 0 Å². The number of piperidine rings is 1. The molecule has 1 aromatic rings. The van der Waals surface area contributed by atoms with Crippen molar-refractivity contribution in [3.63, 3.8) is 0 Å². The van der Waals surface area contributed by atoms with Crippen molar-refractivity contribution < 1.29 is 14.7 Å². The van der Waals surface area contributed by atoms with Crippen LogP contribution in [0.1, 0.15) is 55.5 Å². The summed E-state index contributed by atoms with van der Waals surface area (Å²) in [6.07, 6.45) is 3.68. The Morgan fingerprint density at radius 2 is 1.80 bits per heavy atom. The van der Waals surface area contributed by atoms with Crippen LogP contribution in [0.5, 0.6) is 0 Å². The van der Waals surface area contributed by atoms with Gasteiger partial charge in [0.2, 0.25) is 0 Å². The largest absolute Gasteiger partial charge is 0.481 e. The molecule has 0 saturated carbocycles. The molecule has 1 saturated heterocycles. The van der Waals surface area contributed by atoms with Gasteiger partial charge in [-0.15, -0.1) is 0 Å². The van der Waals surface area contributed by atoms with Crippen molar-refractivity contribution in [1.29, 1.82) is 0 Å². The summed E-state index contributed by atoms with van der Waals surface area (Å²) in [5.41, 5.74) is 1.85. The molecule has 25 heavy (non-hydrogen) atoms. The first-order chi connectivity index (χ1) is 12.0. The highest BCUT2D eigenvalue weighted by molar-refractivity contribution is 5.94. The predicted octanol–water partition coefficient (Wildman–Crippen LogP) is 3.25. The highest BCUT2D eigenvalue weighted by atomic mass is 16.4. The molecule has 0 aliphatic carbocycles. The predicted molar refractivity (Wildman–Crippen MR) is 98.6 cm³/mol. The van der Waals surface area contributed by atoms with E-state index >= 15 is 0 Å². The first kappa shape index (κ1) is 19.4. The van der Waals surface area contributed by atoms with Gasteiger partial charge in [-0.1, -0.05) is 26.0 Å². The molecule has 0 spiro atoms. The Morgan fingerprint density at radius 3 is 2.36 bits per heavy atom. The van der Waals surface area contributed by atoms with E-state index in [2.05, 4.69) is 18.7 Å². The molecule has 5 nitrogen and oxygen atoms in total. The average molecular weight is 346 g/mol. The quantitative estimate of drug-likeness (QED) is 0.785. The smallest absolute Gasteiger partial charge is 0.308 e. The Kier molecular flexibility index (Phi) is 7.44. The van der Waals surface area contributed by atoms with Gasteiger partial charge in [0.05, 0.1) is 5.92 Å². The number of carbonyl (C=O) groups excluding carboxylic acids is 1. The molecule has 1 aliphatic heterocycles. The van der Waals surface area contributed by atoms with Crippen molar-refractivity contribution in [3.05, 3.63) is 35.4 Å². The molecular weight excluding hydrogens is 316 g/mol. The number of hydrogen-bond acceptors (Lipinski definition) is 3. The SMILES string of the molecule is CCCN(CCC)Cc1ccc(C(=O)N2CCCC(C(=O)O)C2)cc1. The second-order valence-corrected chi connectivity index (χ2v) is 6.90. The number of carboxylic acid groups (broad SMARTS) is 1. The Labute approximate surface area is 150 Å². The molecule has 1 aliphatic rings. The average Bonchev–Trinajstić information content (AvgIpc) is 2.62. The first-order valence-electron chi connectivity index (χ1n) is 9.38. The van der Waals surface area contributed by atoms with Gasteiger partial charge in [-0.2, -0.15) is 0 Å². The number of aliphatic carboxylic acids is 1. The van der Waals surface area contributed by atoms with Crippen molar-refractivity contribution in [3.8, 4) is 0 Å². The lowest BCUT2D eigenvalue weighted by molar-refractivity contribution is -0.143. The van der Waals surface area contributed by atoms with Gasteiger partial charge in [0.25, 0.3) is 5.91 Å². The van der Waals surface area contributed by atoms with E-state index in [1.807, 2.05) is 24.3 Å². The molecule has 0 radical (unpaired) electrons. The Morgan fingerprint density at radius 1 is 1.16 bits per heavy atom. The minimum Gasteiger partial charge on any atom is -0.481 e. The van der Waals surface area contributed by atoms with E-state index in [-0.39, 0.29) is 5.91 Å². The van der Waals surface area contributed by atoms with Gasteiger partial charge in [-0.3, -0.25) is 14.5 Å². The summed E-state index contributed by atoms with van der Waals surface area (Å²) in [6, 6.07) is 7.78. The lowest BCUT2D eigenvalue weighted by Gasteiger charge is -2.30. The van der Waals surface area contributed by atoms with E-state index < -0.39 is 11.9 Å². The summed E-state index contributed by atoms with van der Waals surface area (Å²) >= 11 is 0. The summed E-state index contributed by atoms with van der Waals surface area (Å²) in [7, 11) is 0. The second-order valence-electron chi connectivity index (χ2n) is 6.90. The molecular formula is C20H30N2O3. The standard InChI is InChI=1S/C20H30N2O3/c1-3-11-21(12-4-2)14-16-7-9-17(10-8-16)19(23)22-13-5-6-18(15-22)20(24)25/h7-10,18H,3-6,11-15H2,1-2H3,(H,24,25). The minimum absolute atomic E-state index is 0.0588. The maximum atomic E-state index is 12.6. The third-order valence-electron chi connectivity index (χ3n) is 4.74. The molecule has 2 rings (SSSR count). The summed E-state index contributed by atoms with van der Waals surface area (Å²) in [6.45, 7) is 8.40. The zero-order chi connectivity index (χ0) is 18.2. The van der Waals surface area contributed by atoms with Crippen LogP contribution in [0.25, 0.3) is 0 Å². The van der Waals surface area contributed by atoms with Crippen molar-refractivity contribution in [1.82, 2.24) is 9.80 Å². The van der Waals surface area contributed by atoms with Gasteiger partial charge in [-0.25, -0.2) is 0 Å². The summed E-state index contributed by atoms with van der Waals surface area (Å²) in [5.74, 6) is -1.30. The van der Waals surface area contributed by atoms with Gasteiger partial charge in [0.1, 0.15) is 0 Å². The van der Waals surface area contributed by atoms with E-state index in [0.717, 1.165) is 38.9 Å². The van der Waals surface area contributed by atoms with E-state index in [9.17, 15) is 14.7 Å². The van der Waals surface area contributed by atoms with Crippen molar-refractivity contribution in [2.45, 2.75) is 46.1 Å². The third kappa shape index (κ3) is 5.56. The highest BCUT2D eigenvalue weighted by Gasteiger charge is 2.28. The Balaban J connectivity index is 1.98. The fraction of sp³-hybridized carbons (Fsp3) is 0.600. The van der Waals surface area contributed by atoms with Crippen LogP contribution >= 0.6 is 0 Å². The zero-order valence-corrected chi connectivity index (χ0v) is 15.4. The second kappa shape index (κ2) is 9.56. The van der Waals surface area contributed by atoms with Crippen LogP contribution in [-0.2, 0) is 11.3 Å². The van der Waals surface area contributed by atoms with Gasteiger partial charge in [0.15, 0.2) is 0 Å². The number of rotatable bonds is 8. The topological polar surface area (TPSA) is 60.9 Å². The maximum absolute atomic E-state index is 12.6. The van der Waals surface area contributed by atoms with Crippen LogP contribution < -0.4 is 0 Å². The minimum atomic E-state index is -0.806. The fourth-order valence-electron chi connectivity index (χ4n) is 3.46. The molecule has 1 amide bonds. The van der Waals surface area contributed by atoms with Crippen LogP contribution in [-0.4, -0.2) is 53.0 Å². The van der Waals surface area contributed by atoms with Gasteiger partial charge >= 0.3 is 5.97 Å². The number of carboxylic acids is 1. The zero-order valence-electron chi connectivity index (χ0n) is 15.4. The molecule has 0 aromatic heterocycles. The Hall–Kier alpha value is -1.88. The third-order valence-corrected chi connectivity index (χ3v) is 4.74. The number of amides is 1. The number of benzene rings is 1. The summed E-state index contributed by atoms with van der Waals surface area (Å²) in [4.78, 5) is 27.9. The lowest BCUT2D eigenvalue weighted by atomic mass is 9.97. The van der Waals surface area contributed by atoms with Crippen LogP contribution in [0.2, 0.25) is 0 Å². The summed E-state index contributed by atoms with van der Waals surface area (Å²) in [5, 5.41) is 9.17. The molecule has 0 bridgehead atoms. The van der Waals surface area contributed by atoms with Crippen molar-refractivity contribution >= 4 is 11.9 Å². The lowest BCUT2D eigenvalue weighted by Crippen LogP contribution is -2.42. The molecule has 1 unspecified atom stereocenters. The molecule has 138 valence electrons. The number of carbonyl (C=O) groups is 2. The molecule has 5 heteroatoms. The highest BCUT2D eigenvalue weighted by Crippen LogP contribution is 2.19. The van der Waals surface area contributed by atoms with Crippen LogP contribution in [0.15, 0.2) is 24.3 Å². The van der Waals surface area contributed by atoms with Crippen LogP contribution in [0, 0.1) is 5.92 Å². The number of likely N-dealkylation sites (tertiary alicyclic amines) is 1. The fourth-order valence-corrected chi connectivity index (χ4v) is 3.46. The van der Waals surface area contributed by atoms with E-state index in [1.54, 1.807) is 4.90 Å². The number of nitrogens with zero attached hydrogens (tertiary/aromatic N) is 2. The first-order valence-corrected chi connectivity index (χ1v) is 9.38. The van der Waals surface area contributed by atoms with E-state index in [1.165, 1.54) is 5.56 Å². The molecule has 1 fully saturated rings. The van der Waals surface area contributed by atoms with Gasteiger partial charge in [-0.05, 0) is 56.5 Å². The van der Waals surface area contributed by atoms with Crippen molar-refractivity contribution in [2.24, 2.45) is 5.92 Å². The van der Waals surface area contributed by atoms with Crippen molar-refractivity contribution in [2.75, 3.05) is 26.2 Å².